The van der Waals surface area contributed by atoms with Crippen molar-refractivity contribution in [2.45, 2.75) is 44.9 Å². The summed E-state index contributed by atoms with van der Waals surface area (Å²) in [6.45, 7) is 7.73. The van der Waals surface area contributed by atoms with Gasteiger partial charge in [-0.1, -0.05) is 0 Å². The van der Waals surface area contributed by atoms with Crippen LogP contribution in [0.15, 0.2) is 17.5 Å². The minimum Gasteiger partial charge on any atom is -0.371 e. The first-order valence-corrected chi connectivity index (χ1v) is 9.32. The Morgan fingerprint density at radius 1 is 1.38 bits per heavy atom. The van der Waals surface area contributed by atoms with E-state index in [-0.39, 0.29) is 5.60 Å². The van der Waals surface area contributed by atoms with Crippen molar-refractivity contribution in [3.8, 4) is 0 Å². The van der Waals surface area contributed by atoms with Crippen molar-refractivity contribution < 1.29 is 4.74 Å². The lowest BCUT2D eigenvalue weighted by molar-refractivity contribution is 0.0119. The van der Waals surface area contributed by atoms with Gasteiger partial charge in [0.25, 0.3) is 0 Å². The molecule has 2 aromatic heterocycles. The number of hydrogen-bond acceptors (Lipinski definition) is 7. The standard InChI is InChI=1S/C17H23N5OS/c1-12-3-4-16(21-20-12)19-14-7-17(23-9-14)5-6-22(11-17)8-15-10-24-13(2)18-15/h3-4,10,14H,5-9,11H2,1-2H3,(H,19,21)/t14-,17+/m1/s1. The fourth-order valence-corrected chi connectivity index (χ4v) is 4.28. The molecule has 6 nitrogen and oxygen atoms in total. The maximum Gasteiger partial charge on any atom is 0.148 e. The second kappa shape index (κ2) is 6.38. The van der Waals surface area contributed by atoms with E-state index in [1.54, 1.807) is 11.3 Å². The highest BCUT2D eigenvalue weighted by atomic mass is 32.1. The van der Waals surface area contributed by atoms with Crippen LogP contribution in [0.25, 0.3) is 0 Å². The van der Waals surface area contributed by atoms with Crippen LogP contribution >= 0.6 is 11.3 Å². The number of hydrogen-bond donors (Lipinski definition) is 1. The fraction of sp³-hybridized carbons (Fsp3) is 0.588. The van der Waals surface area contributed by atoms with Crippen molar-refractivity contribution in [3.05, 3.63) is 33.9 Å². The summed E-state index contributed by atoms with van der Waals surface area (Å²) >= 11 is 1.72. The summed E-state index contributed by atoms with van der Waals surface area (Å²) < 4.78 is 6.21. The van der Waals surface area contributed by atoms with Gasteiger partial charge in [-0.2, -0.15) is 5.10 Å². The van der Waals surface area contributed by atoms with Crippen molar-refractivity contribution in [2.75, 3.05) is 25.0 Å². The first-order valence-electron chi connectivity index (χ1n) is 8.44. The smallest absolute Gasteiger partial charge is 0.148 e. The van der Waals surface area contributed by atoms with Crippen molar-refractivity contribution in [3.63, 3.8) is 0 Å². The third-order valence-corrected chi connectivity index (χ3v) is 5.63. The van der Waals surface area contributed by atoms with Crippen LogP contribution in [0.4, 0.5) is 5.82 Å². The van der Waals surface area contributed by atoms with Crippen LogP contribution in [0.2, 0.25) is 0 Å². The molecule has 2 fully saturated rings. The van der Waals surface area contributed by atoms with Crippen molar-refractivity contribution in [1.82, 2.24) is 20.1 Å². The minimum atomic E-state index is -0.0130. The highest BCUT2D eigenvalue weighted by Crippen LogP contribution is 2.36. The van der Waals surface area contributed by atoms with Crippen LogP contribution in [0.5, 0.6) is 0 Å². The van der Waals surface area contributed by atoms with Gasteiger partial charge in [0, 0.05) is 31.4 Å². The molecule has 0 aromatic carbocycles. The molecule has 1 N–H and O–H groups in total. The zero-order valence-corrected chi connectivity index (χ0v) is 15.0. The lowest BCUT2D eigenvalue weighted by Gasteiger charge is -2.23. The Morgan fingerprint density at radius 2 is 2.29 bits per heavy atom. The van der Waals surface area contributed by atoms with Gasteiger partial charge < -0.3 is 10.1 Å². The third kappa shape index (κ3) is 3.43. The SMILES string of the molecule is Cc1ccc(N[C@H]2CO[C@@]3(CCN(Cc4csc(C)n4)C3)C2)nn1. The Balaban J connectivity index is 1.33. The summed E-state index contributed by atoms with van der Waals surface area (Å²) in [5, 5.41) is 15.1. The molecule has 0 aliphatic carbocycles. The average Bonchev–Trinajstić information content (AvgIpc) is 3.25. The molecule has 0 radical (unpaired) electrons. The van der Waals surface area contributed by atoms with Gasteiger partial charge in [0.1, 0.15) is 5.82 Å². The van der Waals surface area contributed by atoms with E-state index in [2.05, 4.69) is 37.7 Å². The lowest BCUT2D eigenvalue weighted by atomic mass is 9.97. The molecule has 0 amide bonds. The van der Waals surface area contributed by atoms with E-state index in [0.29, 0.717) is 6.04 Å². The number of nitrogens with one attached hydrogen (secondary N) is 1. The van der Waals surface area contributed by atoms with Gasteiger partial charge in [-0.3, -0.25) is 4.90 Å². The molecule has 0 bridgehead atoms. The van der Waals surface area contributed by atoms with Crippen molar-refractivity contribution in [1.29, 1.82) is 0 Å². The van der Waals surface area contributed by atoms with Crippen LogP contribution in [0.3, 0.4) is 0 Å². The third-order valence-electron chi connectivity index (χ3n) is 4.81. The Hall–Kier alpha value is -1.57. The molecule has 2 aliphatic rings. The number of anilines is 1. The Morgan fingerprint density at radius 3 is 3.04 bits per heavy atom. The summed E-state index contributed by atoms with van der Waals surface area (Å²) in [5.74, 6) is 0.832. The first-order chi connectivity index (χ1) is 11.6. The monoisotopic (exact) mass is 345 g/mol. The summed E-state index contributed by atoms with van der Waals surface area (Å²) in [6.07, 6.45) is 2.11. The molecule has 2 atom stereocenters. The molecule has 24 heavy (non-hydrogen) atoms. The van der Waals surface area contributed by atoms with E-state index in [1.165, 1.54) is 5.69 Å². The van der Waals surface area contributed by atoms with Gasteiger partial charge in [0.15, 0.2) is 0 Å². The van der Waals surface area contributed by atoms with Gasteiger partial charge in [0.2, 0.25) is 0 Å². The number of nitrogens with zero attached hydrogens (tertiary/aromatic N) is 4. The summed E-state index contributed by atoms with van der Waals surface area (Å²) in [5.41, 5.74) is 2.10. The van der Waals surface area contributed by atoms with Gasteiger partial charge in [-0.25, -0.2) is 4.98 Å². The number of aromatic nitrogens is 3. The van der Waals surface area contributed by atoms with Crippen molar-refractivity contribution >= 4 is 17.2 Å². The predicted octanol–water partition coefficient (Wildman–Crippen LogP) is 2.40. The molecule has 2 aromatic rings. The Kier molecular flexibility index (Phi) is 4.24. The lowest BCUT2D eigenvalue weighted by Crippen LogP contribution is -2.33. The highest BCUT2D eigenvalue weighted by molar-refractivity contribution is 7.09. The van der Waals surface area contributed by atoms with Gasteiger partial charge in [0.05, 0.1) is 34.6 Å². The van der Waals surface area contributed by atoms with Crippen LogP contribution in [0.1, 0.15) is 29.2 Å². The van der Waals surface area contributed by atoms with Crippen LogP contribution in [0, 0.1) is 13.8 Å². The van der Waals surface area contributed by atoms with Gasteiger partial charge in [-0.05, 0) is 32.4 Å². The molecule has 4 heterocycles. The van der Waals surface area contributed by atoms with Crippen LogP contribution in [-0.2, 0) is 11.3 Å². The molecular formula is C17H23N5OS. The second-order valence-corrected chi connectivity index (χ2v) is 7.98. The molecular weight excluding hydrogens is 322 g/mol. The first kappa shape index (κ1) is 15.9. The molecule has 0 saturated carbocycles. The fourth-order valence-electron chi connectivity index (χ4n) is 3.68. The quantitative estimate of drug-likeness (QED) is 0.918. The molecule has 2 aliphatic heterocycles. The number of aryl methyl sites for hydroxylation is 2. The Bertz CT molecular complexity index is 703. The number of rotatable bonds is 4. The molecule has 128 valence electrons. The molecule has 1 spiro atoms. The number of likely N-dealkylation sites (tertiary alicyclic amines) is 1. The van der Waals surface area contributed by atoms with E-state index in [4.69, 9.17) is 4.74 Å². The summed E-state index contributed by atoms with van der Waals surface area (Å²) in [6, 6.07) is 4.27. The molecule has 7 heteroatoms. The van der Waals surface area contributed by atoms with Gasteiger partial charge >= 0.3 is 0 Å². The van der Waals surface area contributed by atoms with Crippen molar-refractivity contribution in [2.24, 2.45) is 0 Å². The minimum absolute atomic E-state index is 0.0130. The number of thiazole rings is 1. The maximum absolute atomic E-state index is 6.21. The normalized spacial score (nSPS) is 27.2. The summed E-state index contributed by atoms with van der Waals surface area (Å²) in [7, 11) is 0. The molecule has 2 saturated heterocycles. The second-order valence-electron chi connectivity index (χ2n) is 6.92. The highest BCUT2D eigenvalue weighted by Gasteiger charge is 2.45. The topological polar surface area (TPSA) is 63.2 Å². The predicted molar refractivity (Wildman–Crippen MR) is 94.2 cm³/mol. The van der Waals surface area contributed by atoms with Gasteiger partial charge in [-0.15, -0.1) is 16.4 Å². The number of ether oxygens (including phenoxy) is 1. The van der Waals surface area contributed by atoms with E-state index in [1.807, 2.05) is 19.1 Å². The maximum atomic E-state index is 6.21. The average molecular weight is 345 g/mol. The van der Waals surface area contributed by atoms with Crippen LogP contribution < -0.4 is 5.32 Å². The van der Waals surface area contributed by atoms with E-state index < -0.39 is 0 Å². The zero-order chi connectivity index (χ0) is 16.6. The molecule has 0 unspecified atom stereocenters. The van der Waals surface area contributed by atoms with E-state index in [0.717, 1.165) is 55.6 Å². The molecule has 4 rings (SSSR count). The summed E-state index contributed by atoms with van der Waals surface area (Å²) in [4.78, 5) is 7.04. The van der Waals surface area contributed by atoms with E-state index in [9.17, 15) is 0 Å². The Labute approximate surface area is 146 Å². The van der Waals surface area contributed by atoms with Crippen LogP contribution in [-0.4, -0.2) is 51.4 Å². The largest absolute Gasteiger partial charge is 0.371 e. The zero-order valence-electron chi connectivity index (χ0n) is 14.2. The van der Waals surface area contributed by atoms with E-state index >= 15 is 0 Å².